The fraction of sp³-hybridized carbons (Fsp3) is 0.462. The summed E-state index contributed by atoms with van der Waals surface area (Å²) in [5.74, 6) is 0.400. The molecule has 1 N–H and O–H groups in total. The molecule has 0 heterocycles. The summed E-state index contributed by atoms with van der Waals surface area (Å²) in [5, 5.41) is 2.91. The van der Waals surface area contributed by atoms with Crippen LogP contribution >= 0.6 is 10.7 Å². The van der Waals surface area contributed by atoms with E-state index in [-0.39, 0.29) is 16.8 Å². The molecule has 19 heavy (non-hydrogen) atoms. The number of carbonyl (C=O) groups is 1. The fourth-order valence-electron chi connectivity index (χ4n) is 2.28. The van der Waals surface area contributed by atoms with Crippen LogP contribution < -0.4 is 5.32 Å². The van der Waals surface area contributed by atoms with Gasteiger partial charge in [0.05, 0.1) is 4.90 Å². The first kappa shape index (κ1) is 14.3. The lowest BCUT2D eigenvalue weighted by Gasteiger charge is -2.33. The number of aryl methyl sites for hydroxylation is 1. The van der Waals surface area contributed by atoms with Gasteiger partial charge in [-0.3, -0.25) is 4.79 Å². The second-order valence-electron chi connectivity index (χ2n) is 5.16. The van der Waals surface area contributed by atoms with E-state index in [4.69, 9.17) is 10.7 Å². The monoisotopic (exact) mass is 301 g/mol. The Morgan fingerprint density at radius 3 is 2.53 bits per heavy atom. The third kappa shape index (κ3) is 3.28. The number of benzene rings is 1. The Hall–Kier alpha value is -1.07. The van der Waals surface area contributed by atoms with E-state index in [1.165, 1.54) is 12.1 Å². The minimum atomic E-state index is -3.81. The molecule has 0 aromatic heterocycles. The van der Waals surface area contributed by atoms with Gasteiger partial charge in [0.1, 0.15) is 0 Å². The summed E-state index contributed by atoms with van der Waals surface area (Å²) >= 11 is 0. The number of nitrogens with one attached hydrogen (secondary N) is 1. The molecule has 1 amide bonds. The lowest BCUT2D eigenvalue weighted by molar-refractivity contribution is 0.0895. The van der Waals surface area contributed by atoms with E-state index >= 15 is 0 Å². The Kier molecular flexibility index (Phi) is 3.87. The van der Waals surface area contributed by atoms with Crippen molar-refractivity contribution in [2.24, 2.45) is 5.92 Å². The molecule has 1 aliphatic carbocycles. The van der Waals surface area contributed by atoms with Crippen molar-refractivity contribution in [1.29, 1.82) is 0 Å². The van der Waals surface area contributed by atoms with E-state index in [1.807, 2.05) is 0 Å². The topological polar surface area (TPSA) is 63.2 Å². The van der Waals surface area contributed by atoms with Crippen molar-refractivity contribution in [1.82, 2.24) is 5.32 Å². The van der Waals surface area contributed by atoms with Crippen LogP contribution in [0.15, 0.2) is 23.1 Å². The van der Waals surface area contributed by atoms with Crippen molar-refractivity contribution in [3.63, 3.8) is 0 Å². The van der Waals surface area contributed by atoms with Gasteiger partial charge in [0.25, 0.3) is 15.0 Å². The van der Waals surface area contributed by atoms with Crippen LogP contribution in [0.25, 0.3) is 0 Å². The molecule has 4 nitrogen and oxygen atoms in total. The minimum Gasteiger partial charge on any atom is -0.349 e. The summed E-state index contributed by atoms with van der Waals surface area (Å²) in [6.45, 7) is 3.90. The zero-order chi connectivity index (χ0) is 14.2. The van der Waals surface area contributed by atoms with Crippen molar-refractivity contribution in [2.75, 3.05) is 0 Å². The van der Waals surface area contributed by atoms with Crippen molar-refractivity contribution >= 4 is 25.6 Å². The quantitative estimate of drug-likeness (QED) is 0.872. The molecular weight excluding hydrogens is 286 g/mol. The summed E-state index contributed by atoms with van der Waals surface area (Å²) in [5.41, 5.74) is 1.09. The third-order valence-corrected chi connectivity index (χ3v) is 4.80. The van der Waals surface area contributed by atoms with Crippen molar-refractivity contribution in [3.05, 3.63) is 29.3 Å². The molecule has 6 heteroatoms. The maximum Gasteiger partial charge on any atom is 0.261 e. The average molecular weight is 302 g/mol. The maximum atomic E-state index is 12.1. The van der Waals surface area contributed by atoms with Crippen LogP contribution in [0.2, 0.25) is 0 Å². The molecule has 0 saturated heterocycles. The number of carbonyl (C=O) groups excluding carboxylic acids is 1. The van der Waals surface area contributed by atoms with Gasteiger partial charge in [0.15, 0.2) is 0 Å². The van der Waals surface area contributed by atoms with Crippen LogP contribution in [-0.4, -0.2) is 20.4 Å². The molecule has 1 aliphatic rings. The number of hydrogen-bond acceptors (Lipinski definition) is 3. The maximum absolute atomic E-state index is 12.1. The molecule has 0 atom stereocenters. The zero-order valence-corrected chi connectivity index (χ0v) is 12.4. The van der Waals surface area contributed by atoms with E-state index in [2.05, 4.69) is 12.2 Å². The highest BCUT2D eigenvalue weighted by molar-refractivity contribution is 8.13. The van der Waals surface area contributed by atoms with Crippen LogP contribution in [-0.2, 0) is 9.05 Å². The largest absolute Gasteiger partial charge is 0.349 e. The average Bonchev–Trinajstić information content (AvgIpc) is 2.25. The minimum absolute atomic E-state index is 0.0492. The summed E-state index contributed by atoms with van der Waals surface area (Å²) in [6.07, 6.45) is 1.94. The molecular formula is C13H16ClNO3S. The van der Waals surface area contributed by atoms with Gasteiger partial charge in [0.2, 0.25) is 0 Å². The lowest BCUT2D eigenvalue weighted by atomic mass is 9.82. The van der Waals surface area contributed by atoms with E-state index < -0.39 is 9.05 Å². The second-order valence-corrected chi connectivity index (χ2v) is 7.73. The Morgan fingerprint density at radius 1 is 1.37 bits per heavy atom. The fourth-order valence-corrected chi connectivity index (χ4v) is 3.06. The normalized spacial score (nSPS) is 22.7. The van der Waals surface area contributed by atoms with Gasteiger partial charge in [-0.25, -0.2) is 8.42 Å². The number of halogens is 1. The predicted octanol–water partition coefficient (Wildman–Crippen LogP) is 2.45. The van der Waals surface area contributed by atoms with Gasteiger partial charge in [-0.1, -0.05) is 13.0 Å². The molecule has 1 saturated carbocycles. The molecule has 0 unspecified atom stereocenters. The summed E-state index contributed by atoms with van der Waals surface area (Å²) in [7, 11) is 1.48. The standard InChI is InChI=1S/C13H16ClNO3S/c1-8-5-10(6-8)15-13(16)12-7-11(19(14,17)18)4-3-9(12)2/h3-4,7-8,10H,5-6H2,1-2H3,(H,15,16). The first-order chi connectivity index (χ1) is 8.77. The molecule has 1 fully saturated rings. The molecule has 1 aromatic carbocycles. The van der Waals surface area contributed by atoms with E-state index in [1.54, 1.807) is 13.0 Å². The van der Waals surface area contributed by atoms with Crippen molar-refractivity contribution in [2.45, 2.75) is 37.6 Å². The van der Waals surface area contributed by atoms with Crippen LogP contribution in [0, 0.1) is 12.8 Å². The van der Waals surface area contributed by atoms with Crippen molar-refractivity contribution in [3.8, 4) is 0 Å². The highest BCUT2D eigenvalue weighted by Crippen LogP contribution is 2.27. The molecule has 0 radical (unpaired) electrons. The van der Waals surface area contributed by atoms with Gasteiger partial charge in [-0.2, -0.15) is 0 Å². The highest BCUT2D eigenvalue weighted by Gasteiger charge is 2.27. The summed E-state index contributed by atoms with van der Waals surface area (Å²) in [4.78, 5) is 12.1. The van der Waals surface area contributed by atoms with E-state index in [9.17, 15) is 13.2 Å². The van der Waals surface area contributed by atoms with Crippen LogP contribution in [0.4, 0.5) is 0 Å². The lowest BCUT2D eigenvalue weighted by Crippen LogP contribution is -2.43. The Bertz CT molecular complexity index is 606. The predicted molar refractivity (Wildman–Crippen MR) is 73.9 cm³/mol. The van der Waals surface area contributed by atoms with E-state index in [0.29, 0.717) is 11.5 Å². The number of amides is 1. The first-order valence-corrected chi connectivity index (χ1v) is 8.44. The summed E-state index contributed by atoms with van der Waals surface area (Å²) < 4.78 is 22.6. The Labute approximate surface area is 117 Å². The first-order valence-electron chi connectivity index (χ1n) is 6.13. The Balaban J connectivity index is 2.21. The third-order valence-electron chi connectivity index (χ3n) is 3.44. The molecule has 0 spiro atoms. The zero-order valence-electron chi connectivity index (χ0n) is 10.8. The molecule has 2 rings (SSSR count). The molecule has 104 valence electrons. The number of hydrogen-bond donors (Lipinski definition) is 1. The highest BCUT2D eigenvalue weighted by atomic mass is 35.7. The van der Waals surface area contributed by atoms with Gasteiger partial charge in [-0.15, -0.1) is 0 Å². The molecule has 0 aliphatic heterocycles. The van der Waals surface area contributed by atoms with Crippen molar-refractivity contribution < 1.29 is 13.2 Å². The van der Waals surface area contributed by atoms with Gasteiger partial charge >= 0.3 is 0 Å². The second kappa shape index (κ2) is 5.13. The Morgan fingerprint density at radius 2 is 2.00 bits per heavy atom. The molecule has 0 bridgehead atoms. The van der Waals surface area contributed by atoms with Gasteiger partial charge in [-0.05, 0) is 43.4 Å². The molecule has 1 aromatic rings. The van der Waals surface area contributed by atoms with E-state index in [0.717, 1.165) is 18.4 Å². The van der Waals surface area contributed by atoms with Gasteiger partial charge in [0, 0.05) is 22.3 Å². The smallest absolute Gasteiger partial charge is 0.261 e. The van der Waals surface area contributed by atoms with Gasteiger partial charge < -0.3 is 5.32 Å². The SMILES string of the molecule is Cc1ccc(S(=O)(=O)Cl)cc1C(=O)NC1CC(C)C1. The summed E-state index contributed by atoms with van der Waals surface area (Å²) in [6, 6.07) is 4.51. The number of rotatable bonds is 3. The van der Waals surface area contributed by atoms with Crippen LogP contribution in [0.5, 0.6) is 0 Å². The van der Waals surface area contributed by atoms with Crippen LogP contribution in [0.3, 0.4) is 0 Å². The van der Waals surface area contributed by atoms with Crippen LogP contribution in [0.1, 0.15) is 35.7 Å².